The van der Waals surface area contributed by atoms with Crippen molar-refractivity contribution in [1.29, 1.82) is 0 Å². The summed E-state index contributed by atoms with van der Waals surface area (Å²) in [6.07, 6.45) is 4.65. The van der Waals surface area contributed by atoms with Gasteiger partial charge in [0.2, 0.25) is 0 Å². The van der Waals surface area contributed by atoms with Crippen molar-refractivity contribution in [2.45, 2.75) is 38.2 Å². The SMILES string of the molecule is O=C([C@H]1CCCO1)N1CCC(CCO)CC1. The summed E-state index contributed by atoms with van der Waals surface area (Å²) in [5, 5.41) is 8.87. The fraction of sp³-hybridized carbons (Fsp3) is 0.917. The molecule has 0 aliphatic carbocycles. The van der Waals surface area contributed by atoms with E-state index in [2.05, 4.69) is 0 Å². The highest BCUT2D eigenvalue weighted by Gasteiger charge is 2.30. The molecule has 92 valence electrons. The van der Waals surface area contributed by atoms with Gasteiger partial charge in [-0.05, 0) is 38.0 Å². The average Bonchev–Trinajstić information content (AvgIpc) is 2.83. The van der Waals surface area contributed by atoms with Crippen LogP contribution in [0.1, 0.15) is 32.1 Å². The summed E-state index contributed by atoms with van der Waals surface area (Å²) in [4.78, 5) is 14.0. The van der Waals surface area contributed by atoms with Gasteiger partial charge in [0.25, 0.3) is 5.91 Å². The van der Waals surface area contributed by atoms with E-state index in [4.69, 9.17) is 9.84 Å². The molecule has 1 atom stereocenters. The molecule has 0 bridgehead atoms. The Kier molecular flexibility index (Phi) is 4.18. The lowest BCUT2D eigenvalue weighted by Crippen LogP contribution is -2.43. The van der Waals surface area contributed by atoms with Crippen LogP contribution in [0.2, 0.25) is 0 Å². The molecular formula is C12H21NO3. The van der Waals surface area contributed by atoms with E-state index >= 15 is 0 Å². The third kappa shape index (κ3) is 2.74. The minimum atomic E-state index is -0.172. The average molecular weight is 227 g/mol. The molecule has 0 aromatic heterocycles. The molecule has 1 N–H and O–H groups in total. The van der Waals surface area contributed by atoms with Gasteiger partial charge in [-0.3, -0.25) is 4.79 Å². The van der Waals surface area contributed by atoms with E-state index in [9.17, 15) is 4.79 Å². The van der Waals surface area contributed by atoms with E-state index < -0.39 is 0 Å². The molecular weight excluding hydrogens is 206 g/mol. The summed E-state index contributed by atoms with van der Waals surface area (Å²) in [6, 6.07) is 0. The Bertz CT molecular complexity index is 230. The van der Waals surface area contributed by atoms with Crippen LogP contribution in [0.25, 0.3) is 0 Å². The predicted octanol–water partition coefficient (Wildman–Crippen LogP) is 0.786. The maximum absolute atomic E-state index is 12.0. The minimum absolute atomic E-state index is 0.172. The van der Waals surface area contributed by atoms with E-state index in [1.54, 1.807) is 0 Å². The summed E-state index contributed by atoms with van der Waals surface area (Å²) >= 11 is 0. The van der Waals surface area contributed by atoms with Crippen molar-refractivity contribution in [2.75, 3.05) is 26.3 Å². The van der Waals surface area contributed by atoms with E-state index in [1.807, 2.05) is 4.90 Å². The summed E-state index contributed by atoms with van der Waals surface area (Å²) in [6.45, 7) is 2.68. The van der Waals surface area contributed by atoms with Crippen LogP contribution in [-0.2, 0) is 9.53 Å². The highest BCUT2D eigenvalue weighted by molar-refractivity contribution is 5.81. The zero-order chi connectivity index (χ0) is 11.4. The van der Waals surface area contributed by atoms with Crippen LogP contribution in [-0.4, -0.2) is 48.3 Å². The molecule has 0 spiro atoms. The van der Waals surface area contributed by atoms with Crippen LogP contribution in [0.5, 0.6) is 0 Å². The Balaban J connectivity index is 1.77. The lowest BCUT2D eigenvalue weighted by Gasteiger charge is -2.33. The van der Waals surface area contributed by atoms with Crippen molar-refractivity contribution < 1.29 is 14.6 Å². The Morgan fingerprint density at radius 1 is 1.31 bits per heavy atom. The zero-order valence-corrected chi connectivity index (χ0v) is 9.73. The fourth-order valence-electron chi connectivity index (χ4n) is 2.60. The van der Waals surface area contributed by atoms with Gasteiger partial charge in [-0.1, -0.05) is 0 Å². The summed E-state index contributed by atoms with van der Waals surface area (Å²) in [5.74, 6) is 0.776. The molecule has 2 aliphatic rings. The van der Waals surface area contributed by atoms with Crippen LogP contribution >= 0.6 is 0 Å². The van der Waals surface area contributed by atoms with Crippen molar-refractivity contribution in [3.63, 3.8) is 0 Å². The largest absolute Gasteiger partial charge is 0.396 e. The number of aliphatic hydroxyl groups is 1. The van der Waals surface area contributed by atoms with Gasteiger partial charge in [-0.15, -0.1) is 0 Å². The molecule has 2 rings (SSSR count). The Morgan fingerprint density at radius 3 is 2.62 bits per heavy atom. The summed E-state index contributed by atoms with van der Waals surface area (Å²) in [5.41, 5.74) is 0. The zero-order valence-electron chi connectivity index (χ0n) is 9.73. The molecule has 16 heavy (non-hydrogen) atoms. The molecule has 0 saturated carbocycles. The normalized spacial score (nSPS) is 27.3. The molecule has 0 aromatic carbocycles. The first kappa shape index (κ1) is 11.9. The fourth-order valence-corrected chi connectivity index (χ4v) is 2.60. The van der Waals surface area contributed by atoms with Crippen LogP contribution in [0.15, 0.2) is 0 Å². The van der Waals surface area contributed by atoms with Gasteiger partial charge >= 0.3 is 0 Å². The number of hydrogen-bond donors (Lipinski definition) is 1. The molecule has 4 nitrogen and oxygen atoms in total. The number of piperidine rings is 1. The maximum Gasteiger partial charge on any atom is 0.251 e. The quantitative estimate of drug-likeness (QED) is 0.775. The van der Waals surface area contributed by atoms with E-state index in [-0.39, 0.29) is 18.6 Å². The van der Waals surface area contributed by atoms with Crippen molar-refractivity contribution in [1.82, 2.24) is 4.90 Å². The van der Waals surface area contributed by atoms with Gasteiger partial charge in [0.1, 0.15) is 6.10 Å². The van der Waals surface area contributed by atoms with Gasteiger partial charge in [0.15, 0.2) is 0 Å². The van der Waals surface area contributed by atoms with E-state index in [0.717, 1.165) is 51.8 Å². The summed E-state index contributed by atoms with van der Waals surface area (Å²) in [7, 11) is 0. The van der Waals surface area contributed by atoms with Crippen LogP contribution < -0.4 is 0 Å². The molecule has 2 heterocycles. The van der Waals surface area contributed by atoms with Crippen molar-refractivity contribution >= 4 is 5.91 Å². The molecule has 2 saturated heterocycles. The topological polar surface area (TPSA) is 49.8 Å². The van der Waals surface area contributed by atoms with Crippen molar-refractivity contribution in [2.24, 2.45) is 5.92 Å². The number of nitrogens with zero attached hydrogens (tertiary/aromatic N) is 1. The van der Waals surface area contributed by atoms with Gasteiger partial charge in [0, 0.05) is 26.3 Å². The lowest BCUT2D eigenvalue weighted by molar-refractivity contribution is -0.142. The smallest absolute Gasteiger partial charge is 0.251 e. The molecule has 0 radical (unpaired) electrons. The lowest BCUT2D eigenvalue weighted by atomic mass is 9.93. The Morgan fingerprint density at radius 2 is 2.06 bits per heavy atom. The number of likely N-dealkylation sites (tertiary alicyclic amines) is 1. The summed E-state index contributed by atoms with van der Waals surface area (Å²) < 4.78 is 5.41. The van der Waals surface area contributed by atoms with Gasteiger partial charge in [-0.2, -0.15) is 0 Å². The Hall–Kier alpha value is -0.610. The third-order valence-corrected chi connectivity index (χ3v) is 3.67. The second-order valence-corrected chi connectivity index (χ2v) is 4.78. The third-order valence-electron chi connectivity index (χ3n) is 3.67. The number of hydrogen-bond acceptors (Lipinski definition) is 3. The highest BCUT2D eigenvalue weighted by atomic mass is 16.5. The number of ether oxygens (including phenoxy) is 1. The van der Waals surface area contributed by atoms with Crippen LogP contribution in [0.4, 0.5) is 0 Å². The molecule has 4 heteroatoms. The molecule has 2 fully saturated rings. The molecule has 0 aromatic rings. The molecule has 1 amide bonds. The van der Waals surface area contributed by atoms with Gasteiger partial charge in [0.05, 0.1) is 0 Å². The van der Waals surface area contributed by atoms with Gasteiger partial charge < -0.3 is 14.7 Å². The minimum Gasteiger partial charge on any atom is -0.396 e. The van der Waals surface area contributed by atoms with Crippen molar-refractivity contribution in [3.05, 3.63) is 0 Å². The second-order valence-electron chi connectivity index (χ2n) is 4.78. The number of carbonyl (C=O) groups is 1. The number of aliphatic hydroxyl groups excluding tert-OH is 1. The second kappa shape index (κ2) is 5.64. The first-order valence-corrected chi connectivity index (χ1v) is 6.32. The monoisotopic (exact) mass is 227 g/mol. The van der Waals surface area contributed by atoms with Crippen molar-refractivity contribution in [3.8, 4) is 0 Å². The maximum atomic E-state index is 12.0. The van der Waals surface area contributed by atoms with E-state index in [1.165, 1.54) is 0 Å². The number of amides is 1. The molecule has 2 aliphatic heterocycles. The van der Waals surface area contributed by atoms with Crippen LogP contribution in [0.3, 0.4) is 0 Å². The number of carbonyl (C=O) groups excluding carboxylic acids is 1. The standard InChI is InChI=1S/C12H21NO3/c14-8-5-10-3-6-13(7-4-10)12(15)11-2-1-9-16-11/h10-11,14H,1-9H2/t11-/m1/s1. The first-order valence-electron chi connectivity index (χ1n) is 6.32. The highest BCUT2D eigenvalue weighted by Crippen LogP contribution is 2.22. The first-order chi connectivity index (χ1) is 7.81. The predicted molar refractivity (Wildman–Crippen MR) is 60.0 cm³/mol. The Labute approximate surface area is 96.6 Å². The number of rotatable bonds is 3. The van der Waals surface area contributed by atoms with E-state index in [0.29, 0.717) is 5.92 Å². The van der Waals surface area contributed by atoms with Gasteiger partial charge in [-0.25, -0.2) is 0 Å². The molecule has 0 unspecified atom stereocenters. The van der Waals surface area contributed by atoms with Crippen LogP contribution in [0, 0.1) is 5.92 Å².